The van der Waals surface area contributed by atoms with E-state index >= 15 is 0 Å². The van der Waals surface area contributed by atoms with Crippen LogP contribution in [0.3, 0.4) is 0 Å². The molecule has 3 heterocycles. The number of nitrogens with zero attached hydrogens (tertiary/aromatic N) is 4. The summed E-state index contributed by atoms with van der Waals surface area (Å²) in [5.74, 6) is -0.439. The maximum atomic E-state index is 14.2. The summed E-state index contributed by atoms with van der Waals surface area (Å²) in [7, 11) is 0. The number of aliphatic imine (C=N–C) groups is 1. The molecule has 11 heteroatoms. The van der Waals surface area contributed by atoms with Gasteiger partial charge in [-0.25, -0.2) is 9.38 Å². The molecule has 0 saturated heterocycles. The van der Waals surface area contributed by atoms with Crippen molar-refractivity contribution >= 4 is 16.8 Å². The third-order valence-electron chi connectivity index (χ3n) is 4.53. The van der Waals surface area contributed by atoms with Gasteiger partial charge in [-0.2, -0.15) is 18.3 Å². The maximum Gasteiger partial charge on any atom is 0.431 e. The second-order valence-corrected chi connectivity index (χ2v) is 7.12. The molecule has 0 aliphatic carbocycles. The third-order valence-corrected chi connectivity index (χ3v) is 4.73. The van der Waals surface area contributed by atoms with Gasteiger partial charge in [0.1, 0.15) is 34.3 Å². The first kappa shape index (κ1) is 20.1. The molecule has 0 saturated carbocycles. The Balaban J connectivity index is 1.78. The van der Waals surface area contributed by atoms with E-state index in [4.69, 9.17) is 16.1 Å². The van der Waals surface area contributed by atoms with Gasteiger partial charge in [-0.15, -0.1) is 0 Å². The lowest BCUT2D eigenvalue weighted by Gasteiger charge is -2.31. The van der Waals surface area contributed by atoms with Crippen LogP contribution >= 0.6 is 11.6 Å². The molecule has 1 atom stereocenters. The molecule has 0 radical (unpaired) electrons. The first-order valence-electron chi connectivity index (χ1n) is 8.71. The van der Waals surface area contributed by atoms with Crippen LogP contribution in [0.5, 0.6) is 0 Å². The van der Waals surface area contributed by atoms with Crippen LogP contribution in [0.4, 0.5) is 17.6 Å². The van der Waals surface area contributed by atoms with Crippen LogP contribution in [0, 0.1) is 5.82 Å². The quantitative estimate of drug-likeness (QED) is 0.604. The zero-order valence-electron chi connectivity index (χ0n) is 15.4. The van der Waals surface area contributed by atoms with Crippen molar-refractivity contribution in [2.24, 2.45) is 4.99 Å². The number of benzene rings is 1. The van der Waals surface area contributed by atoms with Gasteiger partial charge in [-0.05, 0) is 19.1 Å². The van der Waals surface area contributed by atoms with Crippen LogP contribution < -0.4 is 5.32 Å². The van der Waals surface area contributed by atoms with Crippen molar-refractivity contribution in [3.63, 3.8) is 0 Å². The van der Waals surface area contributed by atoms with Crippen molar-refractivity contribution in [1.29, 1.82) is 0 Å². The number of aromatic nitrogens is 3. The number of hydrogen-bond donors (Lipinski definition) is 1. The fraction of sp³-hybridized carbons (Fsp3) is 0.211. The molecule has 1 aliphatic heterocycles. The summed E-state index contributed by atoms with van der Waals surface area (Å²) in [6, 6.07) is 9.20. The molecule has 0 bridgehead atoms. The number of hydrogen-bond acceptors (Lipinski definition) is 5. The van der Waals surface area contributed by atoms with Crippen LogP contribution in [-0.4, -0.2) is 26.3 Å². The standard InChI is InChI=1S/C19H14ClF4N5O/c1-18(25-16(19(22,23)24)9-17(20)26-18)15-8-14(13-6-7-30-28-13)29(27-15)10-11-4-2-3-5-12(11)21/h2-9,25H,10H2,1H3. The Morgan fingerprint density at radius 3 is 2.67 bits per heavy atom. The van der Waals surface area contributed by atoms with Gasteiger partial charge in [0, 0.05) is 17.7 Å². The van der Waals surface area contributed by atoms with Crippen molar-refractivity contribution in [2.75, 3.05) is 0 Å². The molecule has 0 fully saturated rings. The molecule has 2 aromatic heterocycles. The van der Waals surface area contributed by atoms with Gasteiger partial charge in [0.05, 0.1) is 12.2 Å². The average molecular weight is 440 g/mol. The molecular weight excluding hydrogens is 426 g/mol. The normalized spacial score (nSPS) is 19.3. The maximum absolute atomic E-state index is 14.2. The van der Waals surface area contributed by atoms with Gasteiger partial charge in [-0.3, -0.25) is 4.68 Å². The number of alkyl halides is 3. The summed E-state index contributed by atoms with van der Waals surface area (Å²) in [5, 5.41) is 10.3. The highest BCUT2D eigenvalue weighted by Gasteiger charge is 2.43. The number of allylic oxidation sites excluding steroid dienone is 2. The smallest absolute Gasteiger partial charge is 0.364 e. The minimum absolute atomic E-state index is 0.0182. The van der Waals surface area contributed by atoms with Gasteiger partial charge < -0.3 is 9.84 Å². The van der Waals surface area contributed by atoms with Gasteiger partial charge >= 0.3 is 6.18 Å². The Morgan fingerprint density at radius 1 is 1.23 bits per heavy atom. The average Bonchev–Trinajstić information content (AvgIpc) is 3.32. The van der Waals surface area contributed by atoms with E-state index in [1.807, 2.05) is 0 Å². The predicted octanol–water partition coefficient (Wildman–Crippen LogP) is 4.58. The molecule has 1 unspecified atom stereocenters. The topological polar surface area (TPSA) is 68.2 Å². The Bertz CT molecular complexity index is 1140. The molecule has 156 valence electrons. The highest BCUT2D eigenvalue weighted by Crippen LogP contribution is 2.35. The molecular formula is C19H14ClF4N5O. The summed E-state index contributed by atoms with van der Waals surface area (Å²) < 4.78 is 60.3. The fourth-order valence-corrected chi connectivity index (χ4v) is 3.36. The van der Waals surface area contributed by atoms with Gasteiger partial charge in [0.2, 0.25) is 0 Å². The molecule has 1 aromatic carbocycles. The lowest BCUT2D eigenvalue weighted by Crippen LogP contribution is -2.44. The SMILES string of the molecule is CC1(c2cc(-c3ccon3)n(Cc3ccccc3F)n2)N=C(Cl)C=C(C(F)(F)F)N1. The monoisotopic (exact) mass is 439 g/mol. The van der Waals surface area contributed by atoms with Crippen molar-refractivity contribution in [3.8, 4) is 11.4 Å². The van der Waals surface area contributed by atoms with Crippen LogP contribution in [-0.2, 0) is 12.2 Å². The predicted molar refractivity (Wildman–Crippen MR) is 101 cm³/mol. The Hall–Kier alpha value is -3.14. The second-order valence-electron chi connectivity index (χ2n) is 6.74. The van der Waals surface area contributed by atoms with Crippen molar-refractivity contribution in [3.05, 3.63) is 71.5 Å². The summed E-state index contributed by atoms with van der Waals surface area (Å²) >= 11 is 5.87. The summed E-state index contributed by atoms with van der Waals surface area (Å²) in [6.07, 6.45) is -2.60. The minimum atomic E-state index is -4.65. The molecule has 1 aliphatic rings. The van der Waals surface area contributed by atoms with Crippen molar-refractivity contribution < 1.29 is 22.1 Å². The number of nitrogens with one attached hydrogen (secondary N) is 1. The Kier molecular flexibility index (Phi) is 4.89. The lowest BCUT2D eigenvalue weighted by molar-refractivity contribution is -0.0997. The van der Waals surface area contributed by atoms with Gasteiger partial charge in [-0.1, -0.05) is 35.0 Å². The lowest BCUT2D eigenvalue weighted by atomic mass is 10.1. The molecule has 0 amide bonds. The zero-order valence-corrected chi connectivity index (χ0v) is 16.2. The third kappa shape index (κ3) is 3.82. The van der Waals surface area contributed by atoms with Gasteiger partial charge in [0.15, 0.2) is 5.66 Å². The Morgan fingerprint density at radius 2 is 2.00 bits per heavy atom. The van der Waals surface area contributed by atoms with E-state index in [9.17, 15) is 17.6 Å². The van der Waals surface area contributed by atoms with Crippen molar-refractivity contribution in [2.45, 2.75) is 25.3 Å². The zero-order chi connectivity index (χ0) is 21.5. The highest BCUT2D eigenvalue weighted by atomic mass is 35.5. The van der Waals surface area contributed by atoms with Crippen LogP contribution in [0.2, 0.25) is 0 Å². The first-order valence-corrected chi connectivity index (χ1v) is 9.08. The first-order chi connectivity index (χ1) is 14.2. The van der Waals surface area contributed by atoms with E-state index in [-0.39, 0.29) is 17.4 Å². The van der Waals surface area contributed by atoms with E-state index in [0.29, 0.717) is 23.0 Å². The molecule has 30 heavy (non-hydrogen) atoms. The number of halogens is 5. The molecule has 1 N–H and O–H groups in total. The van der Waals surface area contributed by atoms with Crippen LogP contribution in [0.1, 0.15) is 18.2 Å². The Labute approximate surface area is 172 Å². The molecule has 4 rings (SSSR count). The van der Waals surface area contributed by atoms with Gasteiger partial charge in [0.25, 0.3) is 0 Å². The van der Waals surface area contributed by atoms with Crippen molar-refractivity contribution in [1.82, 2.24) is 20.3 Å². The van der Waals surface area contributed by atoms with E-state index < -0.39 is 23.4 Å². The van der Waals surface area contributed by atoms with E-state index in [1.165, 1.54) is 30.0 Å². The second kappa shape index (κ2) is 7.28. The van der Waals surface area contributed by atoms with E-state index in [2.05, 4.69) is 20.6 Å². The van der Waals surface area contributed by atoms with Crippen LogP contribution in [0.25, 0.3) is 11.4 Å². The summed E-state index contributed by atoms with van der Waals surface area (Å²) in [6.45, 7) is 1.43. The minimum Gasteiger partial charge on any atom is -0.364 e. The van der Waals surface area contributed by atoms with E-state index in [0.717, 1.165) is 0 Å². The summed E-state index contributed by atoms with van der Waals surface area (Å²) in [4.78, 5) is 4.11. The van der Waals surface area contributed by atoms with Crippen LogP contribution in [0.15, 0.2) is 63.9 Å². The number of rotatable bonds is 4. The molecule has 0 spiro atoms. The van der Waals surface area contributed by atoms with E-state index in [1.54, 1.807) is 24.3 Å². The molecule has 6 nitrogen and oxygen atoms in total. The fourth-order valence-electron chi connectivity index (χ4n) is 3.08. The highest BCUT2D eigenvalue weighted by molar-refractivity contribution is 6.68. The largest absolute Gasteiger partial charge is 0.431 e. The molecule has 3 aromatic rings. The summed E-state index contributed by atoms with van der Waals surface area (Å²) in [5.41, 5.74) is -1.36.